The van der Waals surface area contributed by atoms with Crippen molar-refractivity contribution in [2.45, 2.75) is 25.5 Å². The highest BCUT2D eigenvalue weighted by molar-refractivity contribution is 7.80. The van der Waals surface area contributed by atoms with Gasteiger partial charge in [-0.1, -0.05) is 12.1 Å². The summed E-state index contributed by atoms with van der Waals surface area (Å²) in [5, 5.41) is 14.6. The number of nitro groups is 1. The predicted octanol–water partition coefficient (Wildman–Crippen LogP) is 4.04. The standard InChI is InChI=1S/C21H26N4O3S/c1-23(2)18-9-5-16(6-10-18)14-24(15-20-4-3-13-28-20)21(29)22-17-7-11-19(12-8-17)25(26)27/h5-12,20H,3-4,13-15H2,1-2H3,(H,22,29)/t20-/m0/s1. The Morgan fingerprint density at radius 3 is 2.45 bits per heavy atom. The number of anilines is 2. The fourth-order valence-corrected chi connectivity index (χ4v) is 3.50. The smallest absolute Gasteiger partial charge is 0.269 e. The molecular formula is C21H26N4O3S. The van der Waals surface area contributed by atoms with Crippen molar-refractivity contribution in [1.29, 1.82) is 0 Å². The van der Waals surface area contributed by atoms with Gasteiger partial charge in [0, 0.05) is 57.3 Å². The molecule has 1 fully saturated rings. The topological polar surface area (TPSA) is 70.9 Å². The molecule has 0 saturated carbocycles. The number of hydrogen-bond acceptors (Lipinski definition) is 5. The summed E-state index contributed by atoms with van der Waals surface area (Å²) in [7, 11) is 4.03. The van der Waals surface area contributed by atoms with E-state index in [1.165, 1.54) is 12.1 Å². The normalized spacial score (nSPS) is 15.7. The Morgan fingerprint density at radius 2 is 1.90 bits per heavy atom. The number of benzene rings is 2. The van der Waals surface area contributed by atoms with Gasteiger partial charge in [-0.25, -0.2) is 0 Å². The Kier molecular flexibility index (Phi) is 7.00. The van der Waals surface area contributed by atoms with Crippen LogP contribution >= 0.6 is 12.2 Å². The molecule has 8 heteroatoms. The zero-order valence-electron chi connectivity index (χ0n) is 16.7. The van der Waals surface area contributed by atoms with Crippen molar-refractivity contribution >= 4 is 34.4 Å². The maximum Gasteiger partial charge on any atom is 0.269 e. The third-order valence-electron chi connectivity index (χ3n) is 4.89. The van der Waals surface area contributed by atoms with Crippen molar-refractivity contribution in [2.24, 2.45) is 0 Å². The second kappa shape index (κ2) is 9.67. The molecule has 0 bridgehead atoms. The van der Waals surface area contributed by atoms with Gasteiger partial charge in [0.2, 0.25) is 0 Å². The summed E-state index contributed by atoms with van der Waals surface area (Å²) in [5.41, 5.74) is 3.08. The van der Waals surface area contributed by atoms with E-state index >= 15 is 0 Å². The summed E-state index contributed by atoms with van der Waals surface area (Å²) in [6.45, 7) is 2.15. The summed E-state index contributed by atoms with van der Waals surface area (Å²) in [5.74, 6) is 0. The Labute approximate surface area is 176 Å². The molecule has 1 N–H and O–H groups in total. The lowest BCUT2D eigenvalue weighted by atomic mass is 10.1. The van der Waals surface area contributed by atoms with Crippen molar-refractivity contribution in [2.75, 3.05) is 37.5 Å². The van der Waals surface area contributed by atoms with Crippen molar-refractivity contribution in [3.05, 3.63) is 64.2 Å². The van der Waals surface area contributed by atoms with Gasteiger partial charge in [-0.15, -0.1) is 0 Å². The first-order valence-corrected chi connectivity index (χ1v) is 10.0. The third kappa shape index (κ3) is 5.88. The van der Waals surface area contributed by atoms with Gasteiger partial charge < -0.3 is 19.9 Å². The number of rotatable bonds is 7. The molecule has 29 heavy (non-hydrogen) atoms. The molecule has 0 spiro atoms. The van der Waals surface area contributed by atoms with Gasteiger partial charge in [-0.05, 0) is 54.9 Å². The van der Waals surface area contributed by atoms with Crippen LogP contribution in [0.3, 0.4) is 0 Å². The van der Waals surface area contributed by atoms with Crippen LogP contribution in [0.15, 0.2) is 48.5 Å². The van der Waals surface area contributed by atoms with Crippen LogP contribution < -0.4 is 10.2 Å². The average Bonchev–Trinajstić information content (AvgIpc) is 3.21. The maximum atomic E-state index is 10.8. The molecule has 1 saturated heterocycles. The van der Waals surface area contributed by atoms with E-state index in [2.05, 4.69) is 39.4 Å². The van der Waals surface area contributed by atoms with E-state index in [9.17, 15) is 10.1 Å². The summed E-state index contributed by atoms with van der Waals surface area (Å²) in [6.07, 6.45) is 2.25. The number of ether oxygens (including phenoxy) is 1. The zero-order valence-corrected chi connectivity index (χ0v) is 17.5. The number of nitrogens with zero attached hydrogens (tertiary/aromatic N) is 3. The molecule has 1 atom stereocenters. The van der Waals surface area contributed by atoms with Crippen LogP contribution in [0.2, 0.25) is 0 Å². The van der Waals surface area contributed by atoms with Crippen LogP contribution in [0.25, 0.3) is 0 Å². The van der Waals surface area contributed by atoms with Gasteiger partial charge in [0.15, 0.2) is 5.11 Å². The molecule has 1 aliphatic rings. The van der Waals surface area contributed by atoms with E-state index < -0.39 is 4.92 Å². The second-order valence-electron chi connectivity index (χ2n) is 7.31. The largest absolute Gasteiger partial charge is 0.378 e. The minimum absolute atomic E-state index is 0.0543. The van der Waals surface area contributed by atoms with Gasteiger partial charge in [0.25, 0.3) is 5.69 Å². The first-order valence-electron chi connectivity index (χ1n) is 9.60. The Bertz CT molecular complexity index is 834. The van der Waals surface area contributed by atoms with Crippen LogP contribution in [-0.2, 0) is 11.3 Å². The summed E-state index contributed by atoms with van der Waals surface area (Å²) in [4.78, 5) is 14.6. The SMILES string of the molecule is CN(C)c1ccc(CN(C[C@@H]2CCCO2)C(=S)Nc2ccc([N+](=O)[O-])cc2)cc1. The number of nitrogens with one attached hydrogen (secondary N) is 1. The van der Waals surface area contributed by atoms with Crippen LogP contribution in [0.5, 0.6) is 0 Å². The highest BCUT2D eigenvalue weighted by Gasteiger charge is 2.21. The fourth-order valence-electron chi connectivity index (χ4n) is 3.24. The molecule has 0 radical (unpaired) electrons. The molecule has 3 rings (SSSR count). The maximum absolute atomic E-state index is 10.8. The predicted molar refractivity (Wildman–Crippen MR) is 119 cm³/mol. The Balaban J connectivity index is 1.71. The van der Waals surface area contributed by atoms with Crippen molar-refractivity contribution < 1.29 is 9.66 Å². The number of thiocarbonyl (C=S) groups is 1. The quantitative estimate of drug-likeness (QED) is 0.416. The molecule has 0 amide bonds. The van der Waals surface area contributed by atoms with Gasteiger partial charge in [0.05, 0.1) is 11.0 Å². The number of hydrogen-bond donors (Lipinski definition) is 1. The van der Waals surface area contributed by atoms with E-state index in [4.69, 9.17) is 17.0 Å². The highest BCUT2D eigenvalue weighted by Crippen LogP contribution is 2.20. The molecule has 0 unspecified atom stereocenters. The van der Waals surface area contributed by atoms with Crippen molar-refractivity contribution in [1.82, 2.24) is 4.90 Å². The van der Waals surface area contributed by atoms with E-state index in [1.807, 2.05) is 14.1 Å². The van der Waals surface area contributed by atoms with Crippen molar-refractivity contribution in [3.8, 4) is 0 Å². The number of nitro benzene ring substituents is 1. The third-order valence-corrected chi connectivity index (χ3v) is 5.25. The molecule has 154 valence electrons. The lowest BCUT2D eigenvalue weighted by Crippen LogP contribution is -2.39. The van der Waals surface area contributed by atoms with E-state index in [1.54, 1.807) is 12.1 Å². The Morgan fingerprint density at radius 1 is 1.21 bits per heavy atom. The highest BCUT2D eigenvalue weighted by atomic mass is 32.1. The summed E-state index contributed by atoms with van der Waals surface area (Å²) < 4.78 is 5.80. The molecule has 2 aromatic rings. The first-order chi connectivity index (χ1) is 13.9. The number of non-ortho nitro benzene ring substituents is 1. The van der Waals surface area contributed by atoms with Crippen molar-refractivity contribution in [3.63, 3.8) is 0 Å². The first kappa shape index (κ1) is 21.0. The van der Waals surface area contributed by atoms with Gasteiger partial charge in [-0.2, -0.15) is 0 Å². The van der Waals surface area contributed by atoms with Gasteiger partial charge in [-0.3, -0.25) is 10.1 Å². The average molecular weight is 415 g/mol. The van der Waals surface area contributed by atoms with Crippen LogP contribution in [0, 0.1) is 10.1 Å². The fraction of sp³-hybridized carbons (Fsp3) is 0.381. The second-order valence-corrected chi connectivity index (χ2v) is 7.70. The minimum Gasteiger partial charge on any atom is -0.378 e. The molecule has 0 aromatic heterocycles. The van der Waals surface area contributed by atoms with Gasteiger partial charge >= 0.3 is 0 Å². The molecule has 0 aliphatic carbocycles. The Hall–Kier alpha value is -2.71. The van der Waals surface area contributed by atoms with E-state index in [0.717, 1.165) is 36.4 Å². The minimum atomic E-state index is -0.413. The molecule has 1 heterocycles. The van der Waals surface area contributed by atoms with Crippen LogP contribution in [0.4, 0.5) is 17.1 Å². The molecular weight excluding hydrogens is 388 g/mol. The van der Waals surface area contributed by atoms with Crippen LogP contribution in [-0.4, -0.2) is 48.3 Å². The zero-order chi connectivity index (χ0) is 20.8. The monoisotopic (exact) mass is 414 g/mol. The van der Waals surface area contributed by atoms with E-state index in [-0.39, 0.29) is 11.8 Å². The van der Waals surface area contributed by atoms with Crippen LogP contribution in [0.1, 0.15) is 18.4 Å². The molecule has 1 aliphatic heterocycles. The summed E-state index contributed by atoms with van der Waals surface area (Å²) in [6, 6.07) is 14.7. The lowest BCUT2D eigenvalue weighted by Gasteiger charge is -2.28. The summed E-state index contributed by atoms with van der Waals surface area (Å²) >= 11 is 5.66. The molecule has 7 nitrogen and oxygen atoms in total. The lowest BCUT2D eigenvalue weighted by molar-refractivity contribution is -0.384. The molecule has 2 aromatic carbocycles. The van der Waals surface area contributed by atoms with E-state index in [0.29, 0.717) is 18.2 Å². The van der Waals surface area contributed by atoms with Gasteiger partial charge in [0.1, 0.15) is 0 Å².